The van der Waals surface area contributed by atoms with Crippen LogP contribution in [-0.4, -0.2) is 18.2 Å². The van der Waals surface area contributed by atoms with Crippen LogP contribution in [0.15, 0.2) is 18.2 Å². The molecule has 1 rings (SSSR count). The minimum Gasteiger partial charge on any atom is -0.506 e. The Labute approximate surface area is 75.6 Å². The first-order chi connectivity index (χ1) is 6.02. The molecule has 1 aromatic rings. The molecule has 0 heterocycles. The third-order valence-corrected chi connectivity index (χ3v) is 1.69. The molecule has 5 N–H and O–H groups in total. The van der Waals surface area contributed by atoms with Crippen LogP contribution in [0.25, 0.3) is 0 Å². The highest BCUT2D eigenvalue weighted by molar-refractivity contribution is 5.92. The van der Waals surface area contributed by atoms with Gasteiger partial charge in [0.1, 0.15) is 5.75 Å². The van der Waals surface area contributed by atoms with Gasteiger partial charge in [-0.1, -0.05) is 0 Å². The number of benzene rings is 1. The third-order valence-electron chi connectivity index (χ3n) is 1.69. The molecule has 0 atom stereocenters. The van der Waals surface area contributed by atoms with Crippen molar-refractivity contribution >= 4 is 17.4 Å². The Morgan fingerprint density at radius 2 is 2.15 bits per heavy atom. The highest BCUT2D eigenvalue weighted by Gasteiger charge is 2.10. The largest absolute Gasteiger partial charge is 0.506 e. The Morgan fingerprint density at radius 1 is 1.54 bits per heavy atom. The molecular formula is C8H11N3O2. The number of amides is 2. The maximum atomic E-state index is 10.7. The second-order valence-corrected chi connectivity index (χ2v) is 2.65. The molecule has 0 fully saturated rings. The number of nitrogens with two attached hydrogens (primary N) is 2. The number of hydrogen-bond acceptors (Lipinski definition) is 3. The third kappa shape index (κ3) is 1.81. The van der Waals surface area contributed by atoms with E-state index in [0.29, 0.717) is 11.4 Å². The van der Waals surface area contributed by atoms with Crippen LogP contribution in [0.4, 0.5) is 16.2 Å². The van der Waals surface area contributed by atoms with Crippen molar-refractivity contribution in [1.82, 2.24) is 0 Å². The molecule has 70 valence electrons. The van der Waals surface area contributed by atoms with Crippen LogP contribution in [0.2, 0.25) is 0 Å². The average Bonchev–Trinajstić information content (AvgIpc) is 2.03. The lowest BCUT2D eigenvalue weighted by Crippen LogP contribution is -2.31. The zero-order valence-corrected chi connectivity index (χ0v) is 7.19. The van der Waals surface area contributed by atoms with Gasteiger partial charge in [-0.2, -0.15) is 0 Å². The van der Waals surface area contributed by atoms with Crippen molar-refractivity contribution in [3.05, 3.63) is 18.2 Å². The van der Waals surface area contributed by atoms with Crippen molar-refractivity contribution in [2.24, 2.45) is 5.73 Å². The van der Waals surface area contributed by atoms with Gasteiger partial charge in [-0.25, -0.2) is 4.79 Å². The lowest BCUT2D eigenvalue weighted by molar-refractivity contribution is 0.255. The Bertz CT molecular complexity index is 338. The van der Waals surface area contributed by atoms with Gasteiger partial charge in [0.2, 0.25) is 0 Å². The number of nitrogen functional groups attached to an aromatic ring is 1. The van der Waals surface area contributed by atoms with E-state index in [1.807, 2.05) is 0 Å². The Morgan fingerprint density at radius 3 is 2.62 bits per heavy atom. The van der Waals surface area contributed by atoms with Crippen LogP contribution in [0.5, 0.6) is 5.75 Å². The number of phenolic OH excluding ortho intramolecular Hbond substituents is 1. The quantitative estimate of drug-likeness (QED) is 0.550. The summed E-state index contributed by atoms with van der Waals surface area (Å²) in [4.78, 5) is 11.9. The van der Waals surface area contributed by atoms with Crippen molar-refractivity contribution < 1.29 is 9.90 Å². The Kier molecular flexibility index (Phi) is 2.27. The lowest BCUT2D eigenvalue weighted by atomic mass is 10.2. The van der Waals surface area contributed by atoms with Crippen molar-refractivity contribution in [3.63, 3.8) is 0 Å². The van der Waals surface area contributed by atoms with Crippen LogP contribution >= 0.6 is 0 Å². The van der Waals surface area contributed by atoms with E-state index in [9.17, 15) is 9.90 Å². The van der Waals surface area contributed by atoms with Gasteiger partial charge in [0.15, 0.2) is 0 Å². The summed E-state index contributed by atoms with van der Waals surface area (Å²) in [6, 6.07) is 3.82. The molecule has 0 bridgehead atoms. The normalized spacial score (nSPS) is 9.62. The van der Waals surface area contributed by atoms with E-state index in [1.165, 1.54) is 19.2 Å². The summed E-state index contributed by atoms with van der Waals surface area (Å²) in [6.45, 7) is 0. The molecule has 13 heavy (non-hydrogen) atoms. The molecule has 0 aliphatic rings. The number of carbonyl (C=O) groups is 1. The number of rotatable bonds is 1. The number of carbonyl (C=O) groups excluding carboxylic acids is 1. The van der Waals surface area contributed by atoms with Crippen molar-refractivity contribution in [1.29, 1.82) is 0 Å². The fourth-order valence-corrected chi connectivity index (χ4v) is 0.943. The van der Waals surface area contributed by atoms with Gasteiger partial charge in [-0.05, 0) is 12.1 Å². The maximum Gasteiger partial charge on any atom is 0.319 e. The van der Waals surface area contributed by atoms with Gasteiger partial charge in [-0.3, -0.25) is 4.90 Å². The fraction of sp³-hybridized carbons (Fsp3) is 0.125. The van der Waals surface area contributed by atoms with E-state index < -0.39 is 6.03 Å². The van der Waals surface area contributed by atoms with Crippen LogP contribution in [0.3, 0.4) is 0 Å². The molecule has 0 unspecified atom stereocenters. The van der Waals surface area contributed by atoms with Crippen LogP contribution in [0, 0.1) is 0 Å². The molecule has 5 nitrogen and oxygen atoms in total. The molecule has 0 saturated carbocycles. The minimum atomic E-state index is -0.639. The Balaban J connectivity index is 3.08. The van der Waals surface area contributed by atoms with E-state index >= 15 is 0 Å². The topological polar surface area (TPSA) is 92.6 Å². The first-order valence-corrected chi connectivity index (χ1v) is 3.64. The van der Waals surface area contributed by atoms with Gasteiger partial charge in [0.05, 0.1) is 5.69 Å². The molecule has 2 amide bonds. The standard InChI is InChI=1S/C8H11N3O2/c1-11(8(10)13)6-3-2-5(9)4-7(6)12/h2-4,12H,9H2,1H3,(H2,10,13). The van der Waals surface area contributed by atoms with E-state index in [2.05, 4.69) is 0 Å². The average molecular weight is 181 g/mol. The first kappa shape index (κ1) is 9.18. The highest BCUT2D eigenvalue weighted by Crippen LogP contribution is 2.27. The van der Waals surface area contributed by atoms with E-state index in [-0.39, 0.29) is 5.75 Å². The second-order valence-electron chi connectivity index (χ2n) is 2.65. The van der Waals surface area contributed by atoms with E-state index in [4.69, 9.17) is 11.5 Å². The summed E-state index contributed by atoms with van der Waals surface area (Å²) in [7, 11) is 1.47. The van der Waals surface area contributed by atoms with Gasteiger partial charge < -0.3 is 16.6 Å². The monoisotopic (exact) mass is 181 g/mol. The van der Waals surface area contributed by atoms with Gasteiger partial charge in [0.25, 0.3) is 0 Å². The zero-order chi connectivity index (χ0) is 10.0. The highest BCUT2D eigenvalue weighted by atomic mass is 16.3. The van der Waals surface area contributed by atoms with Crippen LogP contribution in [0.1, 0.15) is 0 Å². The number of phenols is 1. The predicted octanol–water partition coefficient (Wildman–Crippen LogP) is 0.489. The van der Waals surface area contributed by atoms with Crippen LogP contribution in [-0.2, 0) is 0 Å². The first-order valence-electron chi connectivity index (χ1n) is 3.64. The summed E-state index contributed by atoms with van der Waals surface area (Å²) < 4.78 is 0. The van der Waals surface area contributed by atoms with Crippen molar-refractivity contribution in [2.75, 3.05) is 17.7 Å². The molecule has 0 spiro atoms. The number of anilines is 2. The summed E-state index contributed by atoms with van der Waals surface area (Å²) in [6.07, 6.45) is 0. The smallest absolute Gasteiger partial charge is 0.319 e. The van der Waals surface area contributed by atoms with Gasteiger partial charge >= 0.3 is 6.03 Å². The Hall–Kier alpha value is -1.91. The summed E-state index contributed by atoms with van der Waals surface area (Å²) >= 11 is 0. The number of urea groups is 1. The lowest BCUT2D eigenvalue weighted by Gasteiger charge is -2.15. The fourth-order valence-electron chi connectivity index (χ4n) is 0.943. The number of aromatic hydroxyl groups is 1. The molecule has 0 aliphatic heterocycles. The second kappa shape index (κ2) is 3.22. The summed E-state index contributed by atoms with van der Waals surface area (Å²) in [5, 5.41) is 9.38. The van der Waals surface area contributed by atoms with Crippen LogP contribution < -0.4 is 16.4 Å². The number of primary amides is 1. The van der Waals surface area contributed by atoms with E-state index in [0.717, 1.165) is 4.90 Å². The van der Waals surface area contributed by atoms with E-state index in [1.54, 1.807) is 6.07 Å². The molecule has 1 aromatic carbocycles. The molecule has 0 saturated heterocycles. The maximum absolute atomic E-state index is 10.7. The molecule has 0 aliphatic carbocycles. The van der Waals surface area contributed by atoms with Crippen molar-refractivity contribution in [2.45, 2.75) is 0 Å². The number of hydrogen-bond donors (Lipinski definition) is 3. The summed E-state index contributed by atoms with van der Waals surface area (Å²) in [5.74, 6) is -0.0682. The molecule has 0 radical (unpaired) electrons. The molecule has 5 heteroatoms. The summed E-state index contributed by atoms with van der Waals surface area (Å²) in [5.41, 5.74) is 11.2. The predicted molar refractivity (Wildman–Crippen MR) is 50.5 cm³/mol. The number of nitrogens with zero attached hydrogens (tertiary/aromatic N) is 1. The van der Waals surface area contributed by atoms with Gasteiger partial charge in [0, 0.05) is 18.8 Å². The zero-order valence-electron chi connectivity index (χ0n) is 7.19. The minimum absolute atomic E-state index is 0.0682. The SMILES string of the molecule is CN(C(N)=O)c1ccc(N)cc1O. The molecular weight excluding hydrogens is 170 g/mol. The van der Waals surface area contributed by atoms with Gasteiger partial charge in [-0.15, -0.1) is 0 Å². The van der Waals surface area contributed by atoms with Crippen molar-refractivity contribution in [3.8, 4) is 5.75 Å². The molecule has 0 aromatic heterocycles.